The van der Waals surface area contributed by atoms with Gasteiger partial charge in [-0.15, -0.1) is 0 Å². The number of hydrogen-bond acceptors (Lipinski definition) is 2. The molecule has 2 N–H and O–H groups in total. The molecular weight excluding hydrogens is 229 g/mol. The SMILES string of the molecule is CC1(C)C(O)CC1Nc1ccc(F)c(Cl)c1. The fourth-order valence-corrected chi connectivity index (χ4v) is 2.12. The number of hydrogen-bond donors (Lipinski definition) is 2. The first kappa shape index (κ1) is 11.7. The molecule has 1 aromatic carbocycles. The Bertz CT molecular complexity index is 408. The Morgan fingerprint density at radius 2 is 2.19 bits per heavy atom. The molecule has 0 aliphatic heterocycles. The summed E-state index contributed by atoms with van der Waals surface area (Å²) in [5.74, 6) is -0.417. The smallest absolute Gasteiger partial charge is 0.141 e. The highest BCUT2D eigenvalue weighted by atomic mass is 35.5. The Hall–Kier alpha value is -0.800. The van der Waals surface area contributed by atoms with Crippen LogP contribution in [0.25, 0.3) is 0 Å². The number of benzene rings is 1. The molecule has 0 heterocycles. The van der Waals surface area contributed by atoms with Crippen molar-refractivity contribution in [2.45, 2.75) is 32.4 Å². The van der Waals surface area contributed by atoms with Gasteiger partial charge in [0.1, 0.15) is 5.82 Å². The number of aliphatic hydroxyl groups excluding tert-OH is 1. The van der Waals surface area contributed by atoms with E-state index in [0.717, 1.165) is 5.69 Å². The van der Waals surface area contributed by atoms with Gasteiger partial charge in [0.2, 0.25) is 0 Å². The molecule has 0 radical (unpaired) electrons. The van der Waals surface area contributed by atoms with E-state index in [2.05, 4.69) is 5.32 Å². The van der Waals surface area contributed by atoms with Crippen LogP contribution in [0.1, 0.15) is 20.3 Å². The zero-order chi connectivity index (χ0) is 11.9. The zero-order valence-electron chi connectivity index (χ0n) is 9.30. The van der Waals surface area contributed by atoms with E-state index >= 15 is 0 Å². The van der Waals surface area contributed by atoms with Gasteiger partial charge in [-0.05, 0) is 24.6 Å². The highest BCUT2D eigenvalue weighted by molar-refractivity contribution is 6.31. The summed E-state index contributed by atoms with van der Waals surface area (Å²) >= 11 is 5.69. The molecule has 16 heavy (non-hydrogen) atoms. The Labute approximate surface area is 99.4 Å². The van der Waals surface area contributed by atoms with Gasteiger partial charge in [0, 0.05) is 17.1 Å². The lowest BCUT2D eigenvalue weighted by atomic mass is 9.64. The number of aliphatic hydroxyl groups is 1. The number of nitrogens with one attached hydrogen (secondary N) is 1. The van der Waals surface area contributed by atoms with E-state index in [0.29, 0.717) is 6.42 Å². The van der Waals surface area contributed by atoms with Gasteiger partial charge in [-0.2, -0.15) is 0 Å². The van der Waals surface area contributed by atoms with E-state index in [1.54, 1.807) is 12.1 Å². The highest BCUT2D eigenvalue weighted by Gasteiger charge is 2.47. The summed E-state index contributed by atoms with van der Waals surface area (Å²) in [6, 6.07) is 4.76. The van der Waals surface area contributed by atoms with Crippen LogP contribution in [0.3, 0.4) is 0 Å². The van der Waals surface area contributed by atoms with Crippen molar-refractivity contribution in [3.63, 3.8) is 0 Å². The third-order valence-electron chi connectivity index (χ3n) is 3.48. The van der Waals surface area contributed by atoms with Crippen molar-refractivity contribution < 1.29 is 9.50 Å². The molecule has 0 saturated heterocycles. The highest BCUT2D eigenvalue weighted by Crippen LogP contribution is 2.42. The van der Waals surface area contributed by atoms with Crippen LogP contribution in [0.2, 0.25) is 5.02 Å². The summed E-state index contributed by atoms with van der Waals surface area (Å²) in [6.45, 7) is 4.01. The monoisotopic (exact) mass is 243 g/mol. The molecule has 2 unspecified atom stereocenters. The van der Waals surface area contributed by atoms with Crippen molar-refractivity contribution in [1.29, 1.82) is 0 Å². The lowest BCUT2D eigenvalue weighted by Crippen LogP contribution is -2.56. The van der Waals surface area contributed by atoms with Crippen LogP contribution in [-0.4, -0.2) is 17.3 Å². The average Bonchev–Trinajstić information content (AvgIpc) is 2.23. The number of halogens is 2. The van der Waals surface area contributed by atoms with E-state index in [4.69, 9.17) is 11.6 Å². The molecule has 0 amide bonds. The van der Waals surface area contributed by atoms with Gasteiger partial charge >= 0.3 is 0 Å². The second kappa shape index (κ2) is 3.90. The second-order valence-electron chi connectivity index (χ2n) is 4.90. The second-order valence-corrected chi connectivity index (χ2v) is 5.31. The predicted octanol–water partition coefficient (Wildman–Crippen LogP) is 3.05. The molecule has 0 aromatic heterocycles. The third-order valence-corrected chi connectivity index (χ3v) is 3.77. The topological polar surface area (TPSA) is 32.3 Å². The van der Waals surface area contributed by atoms with E-state index < -0.39 is 5.82 Å². The van der Waals surface area contributed by atoms with Crippen molar-refractivity contribution in [3.05, 3.63) is 29.0 Å². The van der Waals surface area contributed by atoms with Crippen molar-refractivity contribution in [2.24, 2.45) is 5.41 Å². The van der Waals surface area contributed by atoms with Crippen LogP contribution < -0.4 is 5.32 Å². The summed E-state index contributed by atoms with van der Waals surface area (Å²) in [5.41, 5.74) is 0.636. The lowest BCUT2D eigenvalue weighted by Gasteiger charge is -2.49. The molecule has 1 aliphatic rings. The van der Waals surface area contributed by atoms with Crippen LogP contribution in [0.15, 0.2) is 18.2 Å². The van der Waals surface area contributed by atoms with Crippen molar-refractivity contribution >= 4 is 17.3 Å². The summed E-state index contributed by atoms with van der Waals surface area (Å²) in [6.07, 6.45) is 0.433. The maximum Gasteiger partial charge on any atom is 0.141 e. The predicted molar refractivity (Wildman–Crippen MR) is 63.2 cm³/mol. The number of anilines is 1. The first-order valence-electron chi connectivity index (χ1n) is 5.31. The molecule has 4 heteroatoms. The van der Waals surface area contributed by atoms with Gasteiger partial charge in [-0.3, -0.25) is 0 Å². The first-order valence-corrected chi connectivity index (χ1v) is 5.68. The van der Waals surface area contributed by atoms with Crippen molar-refractivity contribution in [2.75, 3.05) is 5.32 Å². The molecule has 1 saturated carbocycles. The molecule has 1 aromatic rings. The minimum absolute atomic E-state index is 0.114. The van der Waals surface area contributed by atoms with Crippen LogP contribution in [-0.2, 0) is 0 Å². The van der Waals surface area contributed by atoms with Gasteiger partial charge in [0.15, 0.2) is 0 Å². The molecule has 0 bridgehead atoms. The van der Waals surface area contributed by atoms with Gasteiger partial charge < -0.3 is 10.4 Å². The van der Waals surface area contributed by atoms with E-state index in [1.807, 2.05) is 13.8 Å². The summed E-state index contributed by atoms with van der Waals surface area (Å²) in [4.78, 5) is 0. The van der Waals surface area contributed by atoms with Gasteiger partial charge in [-0.25, -0.2) is 4.39 Å². The minimum atomic E-state index is -0.417. The Morgan fingerprint density at radius 3 is 2.69 bits per heavy atom. The van der Waals surface area contributed by atoms with E-state index in [1.165, 1.54) is 6.07 Å². The number of rotatable bonds is 2. The van der Waals surface area contributed by atoms with Gasteiger partial charge in [0.25, 0.3) is 0 Å². The molecule has 0 spiro atoms. The Morgan fingerprint density at radius 1 is 1.50 bits per heavy atom. The van der Waals surface area contributed by atoms with Gasteiger partial charge in [0.05, 0.1) is 11.1 Å². The Balaban J connectivity index is 2.08. The maximum atomic E-state index is 12.9. The molecule has 2 atom stereocenters. The average molecular weight is 244 g/mol. The summed E-state index contributed by atoms with van der Waals surface area (Å²) in [7, 11) is 0. The van der Waals surface area contributed by atoms with Crippen LogP contribution in [0, 0.1) is 11.2 Å². The van der Waals surface area contributed by atoms with Crippen LogP contribution in [0.5, 0.6) is 0 Å². The lowest BCUT2D eigenvalue weighted by molar-refractivity contribution is -0.0510. The fourth-order valence-electron chi connectivity index (χ4n) is 1.93. The zero-order valence-corrected chi connectivity index (χ0v) is 10.1. The quantitative estimate of drug-likeness (QED) is 0.837. The van der Waals surface area contributed by atoms with Crippen molar-refractivity contribution in [1.82, 2.24) is 0 Å². The van der Waals surface area contributed by atoms with Gasteiger partial charge in [-0.1, -0.05) is 25.4 Å². The van der Waals surface area contributed by atoms with Crippen molar-refractivity contribution in [3.8, 4) is 0 Å². The van der Waals surface area contributed by atoms with E-state index in [-0.39, 0.29) is 22.6 Å². The first-order chi connectivity index (χ1) is 7.41. The Kier molecular flexibility index (Phi) is 2.84. The molecular formula is C12H15ClFNO. The molecule has 1 aliphatic carbocycles. The van der Waals surface area contributed by atoms with Crippen LogP contribution in [0.4, 0.5) is 10.1 Å². The normalized spacial score (nSPS) is 27.3. The minimum Gasteiger partial charge on any atom is -0.392 e. The van der Waals surface area contributed by atoms with Crippen LogP contribution >= 0.6 is 11.6 Å². The summed E-state index contributed by atoms with van der Waals surface area (Å²) in [5, 5.41) is 13.0. The molecule has 88 valence electrons. The third kappa shape index (κ3) is 1.89. The molecule has 1 fully saturated rings. The largest absolute Gasteiger partial charge is 0.392 e. The molecule has 2 nitrogen and oxygen atoms in total. The standard InChI is InChI=1S/C12H15ClFNO/c1-12(2)10(6-11(12)16)15-7-3-4-9(14)8(13)5-7/h3-5,10-11,15-16H,6H2,1-2H3. The summed E-state index contributed by atoms with van der Waals surface area (Å²) < 4.78 is 12.9. The molecule has 2 rings (SSSR count). The fraction of sp³-hybridized carbons (Fsp3) is 0.500. The maximum absolute atomic E-state index is 12.9. The van der Waals surface area contributed by atoms with E-state index in [9.17, 15) is 9.50 Å².